The van der Waals surface area contributed by atoms with E-state index in [2.05, 4.69) is 15.3 Å². The van der Waals surface area contributed by atoms with Gasteiger partial charge in [0.25, 0.3) is 0 Å². The number of thioether (sulfide) groups is 1. The smallest absolute Gasteiger partial charge is 0.311 e. The van der Waals surface area contributed by atoms with Crippen LogP contribution in [0.3, 0.4) is 0 Å². The van der Waals surface area contributed by atoms with Gasteiger partial charge < -0.3 is 5.11 Å². The van der Waals surface area contributed by atoms with Crippen molar-refractivity contribution in [1.82, 2.24) is 14.9 Å². The van der Waals surface area contributed by atoms with Gasteiger partial charge in [-0.25, -0.2) is 0 Å². The molecule has 3 rings (SSSR count). The molecule has 0 fully saturated rings. The van der Waals surface area contributed by atoms with Gasteiger partial charge in [-0.3, -0.25) is 10.1 Å². The second-order valence-corrected chi connectivity index (χ2v) is 7.50. The first kappa shape index (κ1) is 20.8. The lowest BCUT2D eigenvalue weighted by Gasteiger charge is -2.04. The molecule has 0 bridgehead atoms. The van der Waals surface area contributed by atoms with Crippen molar-refractivity contribution in [2.45, 2.75) is 30.7 Å². The molecule has 2 aromatic carbocycles. The number of hydrogen-bond donors (Lipinski definition) is 1. The van der Waals surface area contributed by atoms with E-state index in [0.717, 1.165) is 12.0 Å². The van der Waals surface area contributed by atoms with E-state index in [-0.39, 0.29) is 11.4 Å². The summed E-state index contributed by atoms with van der Waals surface area (Å²) in [5.74, 6) is 0.986. The first-order valence-corrected chi connectivity index (χ1v) is 10.2. The average molecular weight is 432 g/mol. The SMILES string of the molecule is CCCc1nnc(SCc2ccc(Cl)cc2)n1/N=C/c1ccc(O)c([N+](=O)[O-])c1. The molecule has 0 unspecified atom stereocenters. The van der Waals surface area contributed by atoms with Crippen LogP contribution in [0.15, 0.2) is 52.7 Å². The number of phenolic OH excluding ortho intramolecular Hbond substituents is 1. The highest BCUT2D eigenvalue weighted by atomic mass is 35.5. The van der Waals surface area contributed by atoms with E-state index in [9.17, 15) is 15.2 Å². The minimum Gasteiger partial charge on any atom is -0.502 e. The number of halogens is 1. The molecule has 3 aromatic rings. The van der Waals surface area contributed by atoms with E-state index in [4.69, 9.17) is 11.6 Å². The average Bonchev–Trinajstić information content (AvgIpc) is 3.08. The van der Waals surface area contributed by atoms with Crippen LogP contribution in [0.2, 0.25) is 5.02 Å². The van der Waals surface area contributed by atoms with E-state index in [1.165, 1.54) is 30.1 Å². The number of nitro groups is 1. The number of nitrogens with zero attached hydrogens (tertiary/aromatic N) is 5. The molecule has 0 radical (unpaired) electrons. The zero-order chi connectivity index (χ0) is 20.8. The van der Waals surface area contributed by atoms with Gasteiger partial charge in [0.05, 0.1) is 11.1 Å². The molecule has 150 valence electrons. The van der Waals surface area contributed by atoms with Crippen molar-refractivity contribution < 1.29 is 10.0 Å². The van der Waals surface area contributed by atoms with Gasteiger partial charge in [-0.2, -0.15) is 9.78 Å². The summed E-state index contributed by atoms with van der Waals surface area (Å²) in [6.45, 7) is 2.03. The van der Waals surface area contributed by atoms with Crippen molar-refractivity contribution in [3.63, 3.8) is 0 Å². The maximum Gasteiger partial charge on any atom is 0.311 e. The quantitative estimate of drug-likeness (QED) is 0.240. The van der Waals surface area contributed by atoms with Gasteiger partial charge in [0.2, 0.25) is 5.16 Å². The number of nitro benzene ring substituents is 1. The second kappa shape index (κ2) is 9.53. The van der Waals surface area contributed by atoms with Crippen LogP contribution in [0, 0.1) is 10.1 Å². The Morgan fingerprint density at radius 3 is 2.72 bits per heavy atom. The summed E-state index contributed by atoms with van der Waals surface area (Å²) in [6.07, 6.45) is 3.06. The summed E-state index contributed by atoms with van der Waals surface area (Å²) in [6, 6.07) is 11.7. The zero-order valence-electron chi connectivity index (χ0n) is 15.5. The number of aryl methyl sites for hydroxylation is 1. The predicted molar refractivity (Wildman–Crippen MR) is 113 cm³/mol. The van der Waals surface area contributed by atoms with Crippen molar-refractivity contribution in [1.29, 1.82) is 0 Å². The predicted octanol–water partition coefficient (Wildman–Crippen LogP) is 4.67. The number of benzene rings is 2. The fourth-order valence-electron chi connectivity index (χ4n) is 2.50. The van der Waals surface area contributed by atoms with Gasteiger partial charge in [-0.1, -0.05) is 42.4 Å². The van der Waals surface area contributed by atoms with Crippen LogP contribution in [0.5, 0.6) is 5.75 Å². The molecule has 10 heteroatoms. The van der Waals surface area contributed by atoms with Crippen LogP contribution >= 0.6 is 23.4 Å². The molecule has 0 aliphatic carbocycles. The van der Waals surface area contributed by atoms with Crippen LogP contribution < -0.4 is 0 Å². The number of aromatic nitrogens is 3. The van der Waals surface area contributed by atoms with Crippen molar-refractivity contribution in [2.75, 3.05) is 0 Å². The molecule has 0 aliphatic rings. The van der Waals surface area contributed by atoms with Gasteiger partial charge in [0, 0.05) is 28.8 Å². The number of rotatable bonds is 8. The normalized spacial score (nSPS) is 11.2. The Balaban J connectivity index is 1.84. The fraction of sp³-hybridized carbons (Fsp3) is 0.211. The minimum absolute atomic E-state index is 0.371. The third-order valence-electron chi connectivity index (χ3n) is 3.95. The molecular weight excluding hydrogens is 414 g/mol. The molecule has 8 nitrogen and oxygen atoms in total. The molecule has 1 heterocycles. The van der Waals surface area contributed by atoms with E-state index in [1.54, 1.807) is 10.7 Å². The summed E-state index contributed by atoms with van der Waals surface area (Å²) in [4.78, 5) is 10.4. The van der Waals surface area contributed by atoms with Crippen LogP contribution in [-0.4, -0.2) is 31.1 Å². The van der Waals surface area contributed by atoms with E-state index in [1.807, 2.05) is 31.2 Å². The third kappa shape index (κ3) is 5.33. The summed E-state index contributed by atoms with van der Waals surface area (Å²) in [7, 11) is 0. The van der Waals surface area contributed by atoms with Gasteiger partial charge in [-0.05, 0) is 36.2 Å². The number of phenols is 1. The molecule has 0 saturated heterocycles. The van der Waals surface area contributed by atoms with Crippen molar-refractivity contribution in [3.8, 4) is 5.75 Å². The fourth-order valence-corrected chi connectivity index (χ4v) is 3.49. The lowest BCUT2D eigenvalue weighted by atomic mass is 10.2. The number of hydrogen-bond acceptors (Lipinski definition) is 7. The van der Waals surface area contributed by atoms with E-state index < -0.39 is 4.92 Å². The van der Waals surface area contributed by atoms with Crippen LogP contribution in [0.4, 0.5) is 5.69 Å². The molecule has 0 spiro atoms. The molecule has 0 atom stereocenters. The zero-order valence-corrected chi connectivity index (χ0v) is 17.1. The first-order valence-electron chi connectivity index (χ1n) is 8.81. The Morgan fingerprint density at radius 1 is 1.28 bits per heavy atom. The lowest BCUT2D eigenvalue weighted by Crippen LogP contribution is -2.00. The summed E-state index contributed by atoms with van der Waals surface area (Å²) in [5, 5.41) is 34.8. The molecule has 0 saturated carbocycles. The summed E-state index contributed by atoms with van der Waals surface area (Å²) < 4.78 is 1.64. The highest BCUT2D eigenvalue weighted by Gasteiger charge is 2.14. The Hall–Kier alpha value is -2.91. The largest absolute Gasteiger partial charge is 0.502 e. The molecule has 0 amide bonds. The van der Waals surface area contributed by atoms with E-state index >= 15 is 0 Å². The minimum atomic E-state index is -0.638. The topological polar surface area (TPSA) is 106 Å². The van der Waals surface area contributed by atoms with Crippen LogP contribution in [0.1, 0.15) is 30.3 Å². The first-order chi connectivity index (χ1) is 14.0. The van der Waals surface area contributed by atoms with Gasteiger partial charge >= 0.3 is 5.69 Å². The Labute approximate surface area is 176 Å². The maximum atomic E-state index is 11.0. The van der Waals surface area contributed by atoms with Gasteiger partial charge in [0.1, 0.15) is 0 Å². The van der Waals surface area contributed by atoms with Crippen molar-refractivity contribution in [2.24, 2.45) is 5.10 Å². The van der Waals surface area contributed by atoms with Crippen LogP contribution in [-0.2, 0) is 12.2 Å². The Kier molecular flexibility index (Phi) is 6.84. The lowest BCUT2D eigenvalue weighted by molar-refractivity contribution is -0.385. The van der Waals surface area contributed by atoms with Crippen LogP contribution in [0.25, 0.3) is 0 Å². The molecule has 1 N–H and O–H groups in total. The highest BCUT2D eigenvalue weighted by Crippen LogP contribution is 2.26. The molecule has 0 aliphatic heterocycles. The van der Waals surface area contributed by atoms with Gasteiger partial charge in [-0.15, -0.1) is 10.2 Å². The summed E-state index contributed by atoms with van der Waals surface area (Å²) >= 11 is 7.40. The monoisotopic (exact) mass is 431 g/mol. The Morgan fingerprint density at radius 2 is 2.03 bits per heavy atom. The molecular formula is C19H18ClN5O3S. The van der Waals surface area contributed by atoms with Gasteiger partial charge in [0.15, 0.2) is 11.6 Å². The summed E-state index contributed by atoms with van der Waals surface area (Å²) in [5.41, 5.74) is 1.20. The van der Waals surface area contributed by atoms with Crippen molar-refractivity contribution >= 4 is 35.3 Å². The van der Waals surface area contributed by atoms with Crippen molar-refractivity contribution in [3.05, 3.63) is 74.6 Å². The second-order valence-electron chi connectivity index (χ2n) is 6.13. The standard InChI is InChI=1S/C19H18ClN5O3S/c1-2-3-18-22-23-19(29-12-13-4-7-15(20)8-5-13)24(18)21-11-14-6-9-17(26)16(10-14)25(27)28/h4-11,26H,2-3,12H2,1H3/b21-11+. The molecule has 1 aromatic heterocycles. The Bertz CT molecular complexity index is 1040. The highest BCUT2D eigenvalue weighted by molar-refractivity contribution is 7.98. The third-order valence-corrected chi connectivity index (χ3v) is 5.19. The number of aromatic hydroxyl groups is 1. The van der Waals surface area contributed by atoms with E-state index in [0.29, 0.717) is 33.7 Å². The molecule has 29 heavy (non-hydrogen) atoms. The maximum absolute atomic E-state index is 11.0.